The van der Waals surface area contributed by atoms with E-state index in [-0.39, 0.29) is 10.8 Å². The Balaban J connectivity index is 2.17. The summed E-state index contributed by atoms with van der Waals surface area (Å²) in [5, 5.41) is 23.0. The van der Waals surface area contributed by atoms with Crippen LogP contribution in [0.4, 0.5) is 0 Å². The van der Waals surface area contributed by atoms with Crippen molar-refractivity contribution in [3.63, 3.8) is 0 Å². The van der Waals surface area contributed by atoms with E-state index in [2.05, 4.69) is 4.98 Å². The van der Waals surface area contributed by atoms with Gasteiger partial charge in [0.05, 0.1) is 0 Å². The number of benzene rings is 1. The zero-order chi connectivity index (χ0) is 16.6. The average molecular weight is 313 g/mol. The monoisotopic (exact) mass is 313 g/mol. The third-order valence-corrected chi connectivity index (χ3v) is 4.29. The van der Waals surface area contributed by atoms with E-state index in [9.17, 15) is 15.1 Å². The number of nitrogens with one attached hydrogen (secondary N) is 1. The van der Waals surface area contributed by atoms with Crippen LogP contribution >= 0.6 is 0 Å². The lowest BCUT2D eigenvalue weighted by molar-refractivity contribution is -0.615. The highest BCUT2D eigenvalue weighted by Gasteiger charge is 2.23. The van der Waals surface area contributed by atoms with Gasteiger partial charge >= 0.3 is 11.4 Å². The fourth-order valence-electron chi connectivity index (χ4n) is 2.88. The molecule has 0 saturated heterocycles. The van der Waals surface area contributed by atoms with E-state index < -0.39 is 11.4 Å². The summed E-state index contributed by atoms with van der Waals surface area (Å²) in [6, 6.07) is 7.69. The molecule has 0 bridgehead atoms. The topological polar surface area (TPSA) is 85.0 Å². The van der Waals surface area contributed by atoms with Gasteiger partial charge in [0.15, 0.2) is 0 Å². The van der Waals surface area contributed by atoms with Crippen molar-refractivity contribution in [1.29, 1.82) is 0 Å². The molecule has 1 aromatic carbocycles. The molecule has 0 fully saturated rings. The molecule has 1 atom stereocenters. The molecule has 0 spiro atoms. The average Bonchev–Trinajstić information content (AvgIpc) is 2.95. The van der Waals surface area contributed by atoms with Crippen molar-refractivity contribution in [2.75, 3.05) is 0 Å². The molecule has 23 heavy (non-hydrogen) atoms. The van der Waals surface area contributed by atoms with Gasteiger partial charge in [0.1, 0.15) is 5.69 Å². The summed E-state index contributed by atoms with van der Waals surface area (Å²) in [5.41, 5.74) is 1.84. The van der Waals surface area contributed by atoms with E-state index in [0.29, 0.717) is 12.1 Å². The minimum absolute atomic E-state index is 0.102. The van der Waals surface area contributed by atoms with Crippen LogP contribution in [0.5, 0.6) is 5.88 Å². The van der Waals surface area contributed by atoms with Crippen molar-refractivity contribution in [2.24, 2.45) is 0 Å². The van der Waals surface area contributed by atoms with Crippen molar-refractivity contribution >= 4 is 10.9 Å². The largest absolute Gasteiger partial charge is 0.616 e. The molecule has 2 aromatic heterocycles. The van der Waals surface area contributed by atoms with Gasteiger partial charge in [0.25, 0.3) is 0 Å². The van der Waals surface area contributed by atoms with Crippen molar-refractivity contribution in [1.82, 2.24) is 9.55 Å². The predicted molar refractivity (Wildman–Crippen MR) is 87.4 cm³/mol. The number of fused-ring (bicyclic) bond motifs is 1. The van der Waals surface area contributed by atoms with E-state index in [1.807, 2.05) is 44.3 Å². The molecule has 0 radical (unpaired) electrons. The second-order valence-electron chi connectivity index (χ2n) is 5.73. The van der Waals surface area contributed by atoms with Gasteiger partial charge in [-0.3, -0.25) is 9.36 Å². The lowest BCUT2D eigenvalue weighted by Gasteiger charge is -2.18. The SMILES string of the molecule is CCC(C)n1c(Cc2c[nH]c3ccccc23)c(O)[n+]([O-])cc1=O. The summed E-state index contributed by atoms with van der Waals surface area (Å²) in [4.78, 5) is 15.4. The van der Waals surface area contributed by atoms with Gasteiger partial charge < -0.3 is 15.3 Å². The Morgan fingerprint density at radius 1 is 1.39 bits per heavy atom. The van der Waals surface area contributed by atoms with Gasteiger partial charge in [-0.1, -0.05) is 25.1 Å². The van der Waals surface area contributed by atoms with Crippen LogP contribution in [-0.4, -0.2) is 14.7 Å². The van der Waals surface area contributed by atoms with Crippen molar-refractivity contribution in [2.45, 2.75) is 32.7 Å². The maximum Gasteiger partial charge on any atom is 0.397 e. The zero-order valence-electron chi connectivity index (χ0n) is 13.1. The number of rotatable bonds is 4. The summed E-state index contributed by atoms with van der Waals surface area (Å²) >= 11 is 0. The first-order chi connectivity index (χ1) is 11.0. The standard InChI is InChI=1S/C17H19N3O3/c1-3-11(2)20-15(17(22)19(23)10-16(20)21)8-12-9-18-14-7-5-4-6-13(12)14/h4-7,9-11,18,22H,3,8H2,1-2H3. The first-order valence-electron chi connectivity index (χ1n) is 7.64. The van der Waals surface area contributed by atoms with E-state index >= 15 is 0 Å². The zero-order valence-corrected chi connectivity index (χ0v) is 13.1. The molecule has 0 saturated carbocycles. The molecular weight excluding hydrogens is 294 g/mol. The molecular formula is C17H19N3O3. The fourth-order valence-corrected chi connectivity index (χ4v) is 2.88. The van der Waals surface area contributed by atoms with Crippen LogP contribution in [-0.2, 0) is 6.42 Å². The highest BCUT2D eigenvalue weighted by Crippen LogP contribution is 2.24. The summed E-state index contributed by atoms with van der Waals surface area (Å²) in [5.74, 6) is -0.421. The molecule has 3 aromatic rings. The number of aromatic amines is 1. The Bertz CT molecular complexity index is 911. The van der Waals surface area contributed by atoms with Crippen molar-refractivity contribution in [3.8, 4) is 5.88 Å². The van der Waals surface area contributed by atoms with Crippen LogP contribution in [0.15, 0.2) is 41.5 Å². The van der Waals surface area contributed by atoms with Gasteiger partial charge in [0.2, 0.25) is 6.20 Å². The summed E-state index contributed by atoms with van der Waals surface area (Å²) in [7, 11) is 0. The van der Waals surface area contributed by atoms with E-state index in [0.717, 1.165) is 29.1 Å². The molecule has 1 unspecified atom stereocenters. The third kappa shape index (κ3) is 2.56. The first-order valence-corrected chi connectivity index (χ1v) is 7.64. The predicted octanol–water partition coefficient (Wildman–Crippen LogP) is 2.23. The van der Waals surface area contributed by atoms with Gasteiger partial charge in [-0.05, 0) is 25.0 Å². The number of nitrogens with zero attached hydrogens (tertiary/aromatic N) is 2. The van der Waals surface area contributed by atoms with E-state index in [1.54, 1.807) is 0 Å². The van der Waals surface area contributed by atoms with Crippen LogP contribution in [0.1, 0.15) is 37.6 Å². The van der Waals surface area contributed by atoms with Crippen LogP contribution < -0.4 is 10.3 Å². The number of H-pyrrole nitrogens is 1. The molecule has 6 heteroatoms. The first kappa shape index (κ1) is 15.1. The summed E-state index contributed by atoms with van der Waals surface area (Å²) in [6.45, 7) is 3.86. The molecule has 2 heterocycles. The van der Waals surface area contributed by atoms with Crippen LogP contribution in [0.3, 0.4) is 0 Å². The molecule has 0 amide bonds. The van der Waals surface area contributed by atoms with Gasteiger partial charge in [0, 0.05) is 29.6 Å². The summed E-state index contributed by atoms with van der Waals surface area (Å²) in [6.07, 6.45) is 3.75. The maximum atomic E-state index is 12.2. The Kier molecular flexibility index (Phi) is 3.82. The molecule has 3 rings (SSSR count). The third-order valence-electron chi connectivity index (χ3n) is 4.29. The maximum absolute atomic E-state index is 12.2. The van der Waals surface area contributed by atoms with Crippen LogP contribution in [0, 0.1) is 5.21 Å². The van der Waals surface area contributed by atoms with Gasteiger partial charge in [-0.2, -0.15) is 0 Å². The van der Waals surface area contributed by atoms with Gasteiger partial charge in [-0.25, -0.2) is 0 Å². The summed E-state index contributed by atoms with van der Waals surface area (Å²) < 4.78 is 1.75. The van der Waals surface area contributed by atoms with Crippen LogP contribution in [0.25, 0.3) is 10.9 Å². The number of para-hydroxylation sites is 1. The number of hydrogen-bond acceptors (Lipinski definition) is 3. The van der Waals surface area contributed by atoms with E-state index in [1.165, 1.54) is 4.57 Å². The fraction of sp³-hybridized carbons (Fsp3) is 0.294. The molecule has 0 aliphatic rings. The van der Waals surface area contributed by atoms with Crippen LogP contribution in [0.2, 0.25) is 0 Å². The normalized spacial score (nSPS) is 12.6. The van der Waals surface area contributed by atoms with Crippen molar-refractivity contribution < 1.29 is 9.84 Å². The lowest BCUT2D eigenvalue weighted by atomic mass is 10.1. The second-order valence-corrected chi connectivity index (χ2v) is 5.73. The molecule has 6 nitrogen and oxygen atoms in total. The molecule has 0 aliphatic carbocycles. The number of aromatic hydroxyl groups is 1. The molecule has 120 valence electrons. The Labute approximate surface area is 133 Å². The number of aromatic nitrogens is 3. The van der Waals surface area contributed by atoms with Gasteiger partial charge in [-0.15, -0.1) is 4.73 Å². The second kappa shape index (κ2) is 5.79. The minimum atomic E-state index is -0.421. The highest BCUT2D eigenvalue weighted by molar-refractivity contribution is 5.83. The molecule has 2 N–H and O–H groups in total. The Hall–Kier alpha value is -2.76. The Morgan fingerprint density at radius 2 is 2.13 bits per heavy atom. The number of hydrogen-bond donors (Lipinski definition) is 2. The Morgan fingerprint density at radius 3 is 2.87 bits per heavy atom. The van der Waals surface area contributed by atoms with E-state index in [4.69, 9.17) is 0 Å². The van der Waals surface area contributed by atoms with Crippen molar-refractivity contribution in [3.05, 3.63) is 63.5 Å². The highest BCUT2D eigenvalue weighted by atomic mass is 16.5. The quantitative estimate of drug-likeness (QED) is 0.572. The minimum Gasteiger partial charge on any atom is -0.616 e. The lowest BCUT2D eigenvalue weighted by Crippen LogP contribution is -2.39. The molecule has 0 aliphatic heterocycles. The smallest absolute Gasteiger partial charge is 0.397 e.